The number of carbonyl (C=O) groups is 1. The summed E-state index contributed by atoms with van der Waals surface area (Å²) in [5.74, 6) is 1.98. The summed E-state index contributed by atoms with van der Waals surface area (Å²) in [6.45, 7) is 0.412. The molecule has 0 bridgehead atoms. The van der Waals surface area contributed by atoms with Crippen LogP contribution in [0.5, 0.6) is 0 Å². The molecule has 0 aliphatic rings. The van der Waals surface area contributed by atoms with E-state index in [0.717, 1.165) is 33.2 Å². The SMILES string of the molecule is O=C(CSCc1ccc(Cl)cc1)NCc1nc2ccccc2[nH]1. The summed E-state index contributed by atoms with van der Waals surface area (Å²) in [6.07, 6.45) is 0. The van der Waals surface area contributed by atoms with Gasteiger partial charge in [-0.15, -0.1) is 11.8 Å². The highest BCUT2D eigenvalue weighted by atomic mass is 35.5. The molecule has 1 aromatic heterocycles. The second-order valence-electron chi connectivity index (χ2n) is 5.10. The largest absolute Gasteiger partial charge is 0.348 e. The zero-order chi connectivity index (χ0) is 16.1. The van der Waals surface area contributed by atoms with Gasteiger partial charge < -0.3 is 10.3 Å². The Morgan fingerprint density at radius 1 is 1.17 bits per heavy atom. The van der Waals surface area contributed by atoms with Gasteiger partial charge in [0.05, 0.1) is 23.3 Å². The molecular formula is C17H16ClN3OS. The van der Waals surface area contributed by atoms with Crippen LogP contribution in [0, 0.1) is 0 Å². The van der Waals surface area contributed by atoms with Gasteiger partial charge in [0.15, 0.2) is 0 Å². The summed E-state index contributed by atoms with van der Waals surface area (Å²) < 4.78 is 0. The van der Waals surface area contributed by atoms with Crippen molar-refractivity contribution in [2.75, 3.05) is 5.75 Å². The van der Waals surface area contributed by atoms with Crippen LogP contribution in [0.3, 0.4) is 0 Å². The van der Waals surface area contributed by atoms with Crippen LogP contribution in [-0.2, 0) is 17.1 Å². The lowest BCUT2D eigenvalue weighted by Gasteiger charge is -2.04. The molecule has 2 N–H and O–H groups in total. The van der Waals surface area contributed by atoms with Crippen molar-refractivity contribution < 1.29 is 4.79 Å². The third kappa shape index (κ3) is 4.50. The molecule has 0 spiro atoms. The van der Waals surface area contributed by atoms with E-state index < -0.39 is 0 Å². The standard InChI is InChI=1S/C17H16ClN3OS/c18-13-7-5-12(6-8-13)10-23-11-17(22)19-9-16-20-14-3-1-2-4-15(14)21-16/h1-8H,9-11H2,(H,19,22)(H,20,21). The van der Waals surface area contributed by atoms with E-state index >= 15 is 0 Å². The van der Waals surface area contributed by atoms with Crippen molar-refractivity contribution in [3.05, 3.63) is 64.9 Å². The summed E-state index contributed by atoms with van der Waals surface area (Å²) in [6, 6.07) is 15.5. The summed E-state index contributed by atoms with van der Waals surface area (Å²) in [4.78, 5) is 19.5. The number of hydrogen-bond acceptors (Lipinski definition) is 3. The normalized spacial score (nSPS) is 10.8. The van der Waals surface area contributed by atoms with Crippen molar-refractivity contribution in [3.63, 3.8) is 0 Å². The van der Waals surface area contributed by atoms with E-state index in [-0.39, 0.29) is 5.91 Å². The summed E-state index contributed by atoms with van der Waals surface area (Å²) in [5, 5.41) is 3.61. The quantitative estimate of drug-likeness (QED) is 0.715. The Labute approximate surface area is 143 Å². The van der Waals surface area contributed by atoms with E-state index in [1.165, 1.54) is 0 Å². The first kappa shape index (κ1) is 15.9. The van der Waals surface area contributed by atoms with Crippen LogP contribution >= 0.6 is 23.4 Å². The predicted molar refractivity (Wildman–Crippen MR) is 95.6 cm³/mol. The number of aromatic amines is 1. The number of halogens is 1. The highest BCUT2D eigenvalue weighted by molar-refractivity contribution is 7.99. The van der Waals surface area contributed by atoms with E-state index in [4.69, 9.17) is 11.6 Å². The molecule has 23 heavy (non-hydrogen) atoms. The molecule has 0 saturated heterocycles. The molecule has 0 unspecified atom stereocenters. The van der Waals surface area contributed by atoms with Crippen LogP contribution in [0.15, 0.2) is 48.5 Å². The number of para-hydroxylation sites is 2. The van der Waals surface area contributed by atoms with Gasteiger partial charge in [-0.05, 0) is 29.8 Å². The third-order valence-corrected chi connectivity index (χ3v) is 4.56. The molecule has 0 radical (unpaired) electrons. The summed E-state index contributed by atoms with van der Waals surface area (Å²) in [7, 11) is 0. The molecule has 0 aliphatic heterocycles. The molecule has 2 aromatic carbocycles. The van der Waals surface area contributed by atoms with Gasteiger partial charge in [0.25, 0.3) is 0 Å². The Morgan fingerprint density at radius 3 is 2.74 bits per heavy atom. The number of benzene rings is 2. The molecular weight excluding hydrogens is 330 g/mol. The Balaban J connectivity index is 1.43. The monoisotopic (exact) mass is 345 g/mol. The lowest BCUT2D eigenvalue weighted by molar-refractivity contribution is -0.118. The third-order valence-electron chi connectivity index (χ3n) is 3.31. The van der Waals surface area contributed by atoms with Crippen LogP contribution in [0.25, 0.3) is 11.0 Å². The molecule has 0 atom stereocenters. The van der Waals surface area contributed by atoms with Crippen LogP contribution in [0.1, 0.15) is 11.4 Å². The number of amides is 1. The first-order chi connectivity index (χ1) is 11.2. The number of rotatable bonds is 6. The first-order valence-electron chi connectivity index (χ1n) is 7.23. The van der Waals surface area contributed by atoms with Crippen molar-refractivity contribution in [1.82, 2.24) is 15.3 Å². The smallest absolute Gasteiger partial charge is 0.230 e. The number of aromatic nitrogens is 2. The molecule has 118 valence electrons. The Morgan fingerprint density at radius 2 is 1.96 bits per heavy atom. The number of H-pyrrole nitrogens is 1. The predicted octanol–water partition coefficient (Wildman–Crippen LogP) is 3.77. The Hall–Kier alpha value is -1.98. The van der Waals surface area contributed by atoms with Crippen LogP contribution in [0.4, 0.5) is 0 Å². The number of hydrogen-bond donors (Lipinski definition) is 2. The number of imidazole rings is 1. The zero-order valence-corrected chi connectivity index (χ0v) is 14.0. The van der Waals surface area contributed by atoms with E-state index in [9.17, 15) is 4.79 Å². The topological polar surface area (TPSA) is 57.8 Å². The molecule has 0 fully saturated rings. The van der Waals surface area contributed by atoms with Crippen LogP contribution < -0.4 is 5.32 Å². The number of nitrogens with zero attached hydrogens (tertiary/aromatic N) is 1. The number of fused-ring (bicyclic) bond motifs is 1. The fourth-order valence-corrected chi connectivity index (χ4v) is 3.11. The van der Waals surface area contributed by atoms with Gasteiger partial charge in [-0.3, -0.25) is 4.79 Å². The average molecular weight is 346 g/mol. The first-order valence-corrected chi connectivity index (χ1v) is 8.76. The Kier molecular flexibility index (Phi) is 5.20. The molecule has 0 saturated carbocycles. The number of carbonyl (C=O) groups excluding carboxylic acids is 1. The average Bonchev–Trinajstić information content (AvgIpc) is 2.98. The molecule has 0 aliphatic carbocycles. The maximum Gasteiger partial charge on any atom is 0.230 e. The fraction of sp³-hybridized carbons (Fsp3) is 0.176. The van der Waals surface area contributed by atoms with Gasteiger partial charge in [-0.2, -0.15) is 0 Å². The van der Waals surface area contributed by atoms with Crippen molar-refractivity contribution in [2.24, 2.45) is 0 Å². The maximum atomic E-state index is 11.9. The maximum absolute atomic E-state index is 11.9. The molecule has 1 heterocycles. The highest BCUT2D eigenvalue weighted by Gasteiger charge is 2.05. The number of nitrogens with one attached hydrogen (secondary N) is 2. The molecule has 3 rings (SSSR count). The van der Waals surface area contributed by atoms with E-state index in [1.54, 1.807) is 11.8 Å². The van der Waals surface area contributed by atoms with E-state index in [2.05, 4.69) is 15.3 Å². The Bertz CT molecular complexity index is 768. The van der Waals surface area contributed by atoms with Gasteiger partial charge in [0.1, 0.15) is 5.82 Å². The van der Waals surface area contributed by atoms with Crippen molar-refractivity contribution in [3.8, 4) is 0 Å². The fourth-order valence-electron chi connectivity index (χ4n) is 2.16. The molecule has 1 amide bonds. The highest BCUT2D eigenvalue weighted by Crippen LogP contribution is 2.15. The van der Waals surface area contributed by atoms with E-state index in [0.29, 0.717) is 12.3 Å². The molecule has 4 nitrogen and oxygen atoms in total. The summed E-state index contributed by atoms with van der Waals surface area (Å²) >= 11 is 7.42. The van der Waals surface area contributed by atoms with Gasteiger partial charge >= 0.3 is 0 Å². The lowest BCUT2D eigenvalue weighted by Crippen LogP contribution is -2.25. The number of thioether (sulfide) groups is 1. The van der Waals surface area contributed by atoms with Gasteiger partial charge in [0, 0.05) is 10.8 Å². The second kappa shape index (κ2) is 7.53. The minimum Gasteiger partial charge on any atom is -0.348 e. The van der Waals surface area contributed by atoms with Crippen molar-refractivity contribution >= 4 is 40.3 Å². The molecule has 3 aromatic rings. The lowest BCUT2D eigenvalue weighted by atomic mass is 10.2. The van der Waals surface area contributed by atoms with Crippen LogP contribution in [-0.4, -0.2) is 21.6 Å². The minimum atomic E-state index is 0.00409. The minimum absolute atomic E-state index is 0.00409. The van der Waals surface area contributed by atoms with Crippen LogP contribution in [0.2, 0.25) is 5.02 Å². The van der Waals surface area contributed by atoms with E-state index in [1.807, 2.05) is 48.5 Å². The van der Waals surface area contributed by atoms with Gasteiger partial charge in [0.2, 0.25) is 5.91 Å². The van der Waals surface area contributed by atoms with Crippen molar-refractivity contribution in [1.29, 1.82) is 0 Å². The zero-order valence-electron chi connectivity index (χ0n) is 12.4. The van der Waals surface area contributed by atoms with Crippen molar-refractivity contribution in [2.45, 2.75) is 12.3 Å². The van der Waals surface area contributed by atoms with Gasteiger partial charge in [-0.25, -0.2) is 4.98 Å². The molecule has 6 heteroatoms. The van der Waals surface area contributed by atoms with Gasteiger partial charge in [-0.1, -0.05) is 35.9 Å². The summed E-state index contributed by atoms with van der Waals surface area (Å²) in [5.41, 5.74) is 3.05. The second-order valence-corrected chi connectivity index (χ2v) is 6.52.